The fraction of sp³-hybridized carbons (Fsp3) is 0.500. The SMILES string of the molecule is CC[C@@H](Oc1ccc2c(c1)[C@H](c1ccc(F)cc1)N(C(=O)C1CCCC1)CC2)C(=O)N(C)CC. The molecule has 6 heteroatoms. The number of hydrogen-bond donors (Lipinski definition) is 0. The Morgan fingerprint density at radius 3 is 2.47 bits per heavy atom. The van der Waals surface area contributed by atoms with Crippen LogP contribution < -0.4 is 4.74 Å². The smallest absolute Gasteiger partial charge is 0.263 e. The summed E-state index contributed by atoms with van der Waals surface area (Å²) in [5.41, 5.74) is 3.04. The highest BCUT2D eigenvalue weighted by Crippen LogP contribution is 2.40. The Kier molecular flexibility index (Phi) is 7.54. The minimum atomic E-state index is -0.563. The Balaban J connectivity index is 1.69. The second-order valence-corrected chi connectivity index (χ2v) is 9.44. The van der Waals surface area contributed by atoms with E-state index in [0.717, 1.165) is 48.8 Å². The van der Waals surface area contributed by atoms with Crippen molar-refractivity contribution in [3.63, 3.8) is 0 Å². The van der Waals surface area contributed by atoms with E-state index < -0.39 is 6.10 Å². The zero-order valence-corrected chi connectivity index (χ0v) is 20.4. The average Bonchev–Trinajstić information content (AvgIpc) is 3.41. The number of amides is 2. The third kappa shape index (κ3) is 4.96. The molecule has 5 nitrogen and oxygen atoms in total. The zero-order chi connectivity index (χ0) is 24.2. The van der Waals surface area contributed by atoms with Crippen molar-refractivity contribution in [2.75, 3.05) is 20.1 Å². The van der Waals surface area contributed by atoms with Crippen LogP contribution in [0.5, 0.6) is 5.75 Å². The van der Waals surface area contributed by atoms with E-state index >= 15 is 0 Å². The van der Waals surface area contributed by atoms with Gasteiger partial charge in [0.15, 0.2) is 6.10 Å². The van der Waals surface area contributed by atoms with Gasteiger partial charge in [-0.05, 0) is 73.6 Å². The molecule has 4 rings (SSSR count). The van der Waals surface area contributed by atoms with Crippen LogP contribution in [0.25, 0.3) is 0 Å². The van der Waals surface area contributed by atoms with Gasteiger partial charge in [0.1, 0.15) is 11.6 Å². The van der Waals surface area contributed by atoms with E-state index in [1.807, 2.05) is 36.9 Å². The predicted octanol–water partition coefficient (Wildman–Crippen LogP) is 5.13. The Bertz CT molecular complexity index is 1020. The van der Waals surface area contributed by atoms with Crippen molar-refractivity contribution in [3.05, 3.63) is 65.0 Å². The molecular formula is C28H35FN2O3. The summed E-state index contributed by atoms with van der Waals surface area (Å²) in [6.07, 6.45) is 4.83. The summed E-state index contributed by atoms with van der Waals surface area (Å²) in [7, 11) is 1.78. The van der Waals surface area contributed by atoms with Crippen LogP contribution in [0.2, 0.25) is 0 Å². The average molecular weight is 467 g/mol. The van der Waals surface area contributed by atoms with Crippen LogP contribution >= 0.6 is 0 Å². The second kappa shape index (κ2) is 10.6. The molecule has 2 aromatic rings. The van der Waals surface area contributed by atoms with Crippen molar-refractivity contribution in [3.8, 4) is 5.75 Å². The molecule has 2 aliphatic rings. The topological polar surface area (TPSA) is 49.9 Å². The molecule has 182 valence electrons. The first kappa shape index (κ1) is 24.2. The predicted molar refractivity (Wildman–Crippen MR) is 130 cm³/mol. The number of halogens is 1. The third-order valence-corrected chi connectivity index (χ3v) is 7.29. The molecule has 1 saturated carbocycles. The van der Waals surface area contributed by atoms with Gasteiger partial charge in [-0.15, -0.1) is 0 Å². The van der Waals surface area contributed by atoms with E-state index in [1.54, 1.807) is 24.1 Å². The summed E-state index contributed by atoms with van der Waals surface area (Å²) in [5.74, 6) is 0.530. The van der Waals surface area contributed by atoms with Crippen molar-refractivity contribution in [1.82, 2.24) is 9.80 Å². The van der Waals surface area contributed by atoms with Crippen molar-refractivity contribution in [1.29, 1.82) is 0 Å². The van der Waals surface area contributed by atoms with Gasteiger partial charge in [0, 0.05) is 26.1 Å². The summed E-state index contributed by atoms with van der Waals surface area (Å²) >= 11 is 0. The maximum atomic E-state index is 13.7. The molecule has 34 heavy (non-hydrogen) atoms. The first-order valence-electron chi connectivity index (χ1n) is 12.5. The van der Waals surface area contributed by atoms with Crippen LogP contribution in [0.1, 0.15) is 68.7 Å². The van der Waals surface area contributed by atoms with Gasteiger partial charge in [-0.1, -0.05) is 38.0 Å². The third-order valence-electron chi connectivity index (χ3n) is 7.29. The van der Waals surface area contributed by atoms with Gasteiger partial charge in [0.25, 0.3) is 5.91 Å². The molecule has 0 radical (unpaired) electrons. The fourth-order valence-corrected chi connectivity index (χ4v) is 5.19. The highest BCUT2D eigenvalue weighted by Gasteiger charge is 2.36. The summed E-state index contributed by atoms with van der Waals surface area (Å²) in [6.45, 7) is 5.14. The van der Waals surface area contributed by atoms with Crippen LogP contribution in [0.4, 0.5) is 4.39 Å². The number of benzene rings is 2. The number of hydrogen-bond acceptors (Lipinski definition) is 3. The van der Waals surface area contributed by atoms with E-state index in [1.165, 1.54) is 12.1 Å². The lowest BCUT2D eigenvalue weighted by Crippen LogP contribution is -2.43. The van der Waals surface area contributed by atoms with Gasteiger partial charge >= 0.3 is 0 Å². The first-order valence-corrected chi connectivity index (χ1v) is 12.5. The van der Waals surface area contributed by atoms with Crippen LogP contribution in [0, 0.1) is 11.7 Å². The van der Waals surface area contributed by atoms with Gasteiger partial charge in [-0.3, -0.25) is 9.59 Å². The van der Waals surface area contributed by atoms with E-state index in [2.05, 4.69) is 0 Å². The number of nitrogens with zero attached hydrogens (tertiary/aromatic N) is 2. The molecule has 1 aliphatic heterocycles. The van der Waals surface area contributed by atoms with Gasteiger partial charge in [0.05, 0.1) is 6.04 Å². The quantitative estimate of drug-likeness (QED) is 0.569. The molecule has 2 amide bonds. The van der Waals surface area contributed by atoms with E-state index in [9.17, 15) is 14.0 Å². The Labute approximate surface area is 201 Å². The summed E-state index contributed by atoms with van der Waals surface area (Å²) in [6, 6.07) is 12.1. The summed E-state index contributed by atoms with van der Waals surface area (Å²) < 4.78 is 19.9. The molecule has 2 atom stereocenters. The minimum Gasteiger partial charge on any atom is -0.481 e. The zero-order valence-electron chi connectivity index (χ0n) is 20.4. The minimum absolute atomic E-state index is 0.0455. The van der Waals surface area contributed by atoms with Crippen molar-refractivity contribution in [2.45, 2.75) is 64.5 Å². The Morgan fingerprint density at radius 2 is 1.82 bits per heavy atom. The maximum Gasteiger partial charge on any atom is 0.263 e. The largest absolute Gasteiger partial charge is 0.481 e. The number of rotatable bonds is 7. The van der Waals surface area contributed by atoms with E-state index in [4.69, 9.17) is 4.74 Å². The van der Waals surface area contributed by atoms with Gasteiger partial charge in [-0.25, -0.2) is 4.39 Å². The molecule has 0 spiro atoms. The van der Waals surface area contributed by atoms with Crippen LogP contribution in [0.3, 0.4) is 0 Å². The standard InChI is InChI=1S/C28H35FN2O3/c1-4-25(28(33)30(3)5-2)34-23-15-12-19-16-17-31(27(32)21-8-6-7-9-21)26(24(19)18-23)20-10-13-22(29)14-11-20/h10-15,18,21,25-26H,4-9,16-17H2,1-3H3/t25-,26+/m1/s1. The monoisotopic (exact) mass is 466 g/mol. The van der Waals surface area contributed by atoms with Crippen LogP contribution in [-0.2, 0) is 16.0 Å². The van der Waals surface area contributed by atoms with Crippen molar-refractivity contribution < 1.29 is 18.7 Å². The second-order valence-electron chi connectivity index (χ2n) is 9.44. The number of fused-ring (bicyclic) bond motifs is 1. The molecule has 1 heterocycles. The normalized spacial score (nSPS) is 18.9. The molecule has 0 bridgehead atoms. The molecule has 0 unspecified atom stereocenters. The molecule has 0 aromatic heterocycles. The highest BCUT2D eigenvalue weighted by molar-refractivity contribution is 5.81. The summed E-state index contributed by atoms with van der Waals surface area (Å²) in [5, 5.41) is 0. The fourth-order valence-electron chi connectivity index (χ4n) is 5.19. The van der Waals surface area contributed by atoms with Crippen molar-refractivity contribution in [2.24, 2.45) is 5.92 Å². The molecule has 1 fully saturated rings. The lowest BCUT2D eigenvalue weighted by molar-refractivity contribution is -0.137. The lowest BCUT2D eigenvalue weighted by Gasteiger charge is -2.39. The van der Waals surface area contributed by atoms with Gasteiger partial charge < -0.3 is 14.5 Å². The molecule has 0 N–H and O–H groups in total. The highest BCUT2D eigenvalue weighted by atomic mass is 19.1. The number of ether oxygens (including phenoxy) is 1. The number of likely N-dealkylation sites (N-methyl/N-ethyl adjacent to an activating group) is 1. The molecule has 1 aliphatic carbocycles. The maximum absolute atomic E-state index is 13.7. The van der Waals surface area contributed by atoms with E-state index in [0.29, 0.717) is 25.3 Å². The Morgan fingerprint density at radius 1 is 1.12 bits per heavy atom. The number of carbonyl (C=O) groups is 2. The first-order chi connectivity index (χ1) is 16.4. The summed E-state index contributed by atoms with van der Waals surface area (Å²) in [4.78, 5) is 29.9. The molecular weight excluding hydrogens is 431 g/mol. The molecule has 2 aromatic carbocycles. The van der Waals surface area contributed by atoms with Crippen LogP contribution in [-0.4, -0.2) is 47.9 Å². The lowest BCUT2D eigenvalue weighted by atomic mass is 9.87. The molecule has 0 saturated heterocycles. The number of carbonyl (C=O) groups excluding carboxylic acids is 2. The van der Waals surface area contributed by atoms with Crippen LogP contribution in [0.15, 0.2) is 42.5 Å². The Hall–Kier alpha value is -2.89. The van der Waals surface area contributed by atoms with Gasteiger partial charge in [-0.2, -0.15) is 0 Å². The van der Waals surface area contributed by atoms with E-state index in [-0.39, 0.29) is 29.6 Å². The van der Waals surface area contributed by atoms with Gasteiger partial charge in [0.2, 0.25) is 5.91 Å². The van der Waals surface area contributed by atoms with Crippen molar-refractivity contribution >= 4 is 11.8 Å².